The molecule has 4 rings (SSSR count). The van der Waals surface area contributed by atoms with Gasteiger partial charge < -0.3 is 14.6 Å². The van der Waals surface area contributed by atoms with Gasteiger partial charge in [0.05, 0.1) is 12.3 Å². The third-order valence-electron chi connectivity index (χ3n) is 7.38. The number of carbonyl (C=O) groups excluding carboxylic acids is 1. The van der Waals surface area contributed by atoms with Gasteiger partial charge in [0.15, 0.2) is 4.75 Å². The van der Waals surface area contributed by atoms with E-state index in [1.807, 2.05) is 25.1 Å². The van der Waals surface area contributed by atoms with Crippen LogP contribution in [0.25, 0.3) is 11.3 Å². The molecule has 3 heterocycles. The highest BCUT2D eigenvalue weighted by molar-refractivity contribution is 7.91. The maximum absolute atomic E-state index is 13.5. The Morgan fingerprint density at radius 1 is 1.22 bits per heavy atom. The maximum atomic E-state index is 13.5. The van der Waals surface area contributed by atoms with Gasteiger partial charge in [0.1, 0.15) is 0 Å². The predicted molar refractivity (Wildman–Crippen MR) is 137 cm³/mol. The number of aliphatic hydroxyl groups excluding tert-OH is 1. The van der Waals surface area contributed by atoms with Crippen molar-refractivity contribution in [3.05, 3.63) is 47.5 Å². The highest BCUT2D eigenvalue weighted by atomic mass is 32.2. The molecule has 0 bridgehead atoms. The third kappa shape index (κ3) is 5.65. The van der Waals surface area contributed by atoms with Crippen LogP contribution in [0.2, 0.25) is 0 Å². The van der Waals surface area contributed by atoms with E-state index < -0.39 is 20.7 Å². The summed E-state index contributed by atoms with van der Waals surface area (Å²) in [5.41, 5.74) is 5.57. The quantitative estimate of drug-likeness (QED) is 0.254. The number of aryl methyl sites for hydroxylation is 1. The number of hydrogen-bond donors (Lipinski definition) is 3. The molecule has 0 radical (unpaired) electrons. The Morgan fingerprint density at radius 3 is 2.59 bits per heavy atom. The highest BCUT2D eigenvalue weighted by Crippen LogP contribution is 2.37. The lowest BCUT2D eigenvalue weighted by molar-refractivity contribution is -0.134. The fourth-order valence-corrected chi connectivity index (χ4v) is 7.34. The molecule has 11 heteroatoms. The fraction of sp³-hybridized carbons (Fsp3) is 0.538. The second-order valence-corrected chi connectivity index (χ2v) is 11.8. The van der Waals surface area contributed by atoms with Crippen LogP contribution in [0.15, 0.2) is 36.4 Å². The minimum absolute atomic E-state index is 0.0179. The molecule has 2 aliphatic heterocycles. The third-order valence-corrected chi connectivity index (χ3v) is 10.0. The zero-order valence-corrected chi connectivity index (χ0v) is 21.9. The van der Waals surface area contributed by atoms with E-state index in [4.69, 9.17) is 14.6 Å². The highest BCUT2D eigenvalue weighted by Gasteiger charge is 2.54. The van der Waals surface area contributed by atoms with Crippen molar-refractivity contribution in [2.45, 2.75) is 49.7 Å². The van der Waals surface area contributed by atoms with E-state index in [0.29, 0.717) is 44.8 Å². The zero-order valence-electron chi connectivity index (χ0n) is 21.1. The van der Waals surface area contributed by atoms with E-state index in [9.17, 15) is 18.4 Å². The van der Waals surface area contributed by atoms with Gasteiger partial charge in [-0.25, -0.2) is 23.2 Å². The first-order valence-electron chi connectivity index (χ1n) is 12.7. The monoisotopic (exact) mass is 533 g/mol. The first-order valence-corrected chi connectivity index (χ1v) is 14.1. The normalized spacial score (nSPS) is 18.9. The van der Waals surface area contributed by atoms with Crippen molar-refractivity contribution in [1.29, 1.82) is 0 Å². The van der Waals surface area contributed by atoms with Crippen molar-refractivity contribution in [2.24, 2.45) is 0 Å². The number of hydroxylamine groups is 1. The Hall–Kier alpha value is -2.57. The van der Waals surface area contributed by atoms with Gasteiger partial charge in [0, 0.05) is 63.8 Å². The van der Waals surface area contributed by atoms with Gasteiger partial charge in [-0.3, -0.25) is 10.0 Å². The molecule has 0 spiro atoms. The van der Waals surface area contributed by atoms with Crippen LogP contribution in [0.5, 0.6) is 5.88 Å². The molecule has 1 aromatic carbocycles. The largest absolute Gasteiger partial charge is 0.478 e. The van der Waals surface area contributed by atoms with E-state index in [1.54, 1.807) is 11.5 Å². The minimum Gasteiger partial charge on any atom is -0.478 e. The van der Waals surface area contributed by atoms with Gasteiger partial charge in [-0.15, -0.1) is 0 Å². The second kappa shape index (κ2) is 11.9. The molecule has 202 valence electrons. The van der Waals surface area contributed by atoms with Gasteiger partial charge in [-0.05, 0) is 42.9 Å². The van der Waals surface area contributed by atoms with E-state index in [1.165, 1.54) is 4.31 Å². The first kappa shape index (κ1) is 27.5. The van der Waals surface area contributed by atoms with Crippen molar-refractivity contribution in [3.8, 4) is 17.1 Å². The average Bonchev–Trinajstić information content (AvgIpc) is 2.93. The molecule has 2 saturated heterocycles. The zero-order chi connectivity index (χ0) is 26.5. The van der Waals surface area contributed by atoms with E-state index >= 15 is 0 Å². The lowest BCUT2D eigenvalue weighted by atomic mass is 9.88. The van der Waals surface area contributed by atoms with Crippen LogP contribution in [-0.2, 0) is 19.6 Å². The van der Waals surface area contributed by atoms with Gasteiger partial charge in [-0.1, -0.05) is 24.3 Å². The molecule has 2 fully saturated rings. The molecule has 0 saturated carbocycles. The Bertz CT molecular complexity index is 1190. The molecular weight excluding hydrogens is 498 g/mol. The van der Waals surface area contributed by atoms with Crippen molar-refractivity contribution < 1.29 is 33.0 Å². The Balaban J connectivity index is 1.45. The van der Waals surface area contributed by atoms with Crippen molar-refractivity contribution >= 4 is 15.9 Å². The lowest BCUT2D eigenvalue weighted by Gasteiger charge is -2.40. The number of rotatable bonds is 9. The Morgan fingerprint density at radius 2 is 1.95 bits per heavy atom. The molecule has 10 nitrogen and oxygen atoms in total. The van der Waals surface area contributed by atoms with Crippen LogP contribution in [0, 0.1) is 6.92 Å². The summed E-state index contributed by atoms with van der Waals surface area (Å²) >= 11 is 0. The van der Waals surface area contributed by atoms with E-state index in [-0.39, 0.29) is 38.6 Å². The van der Waals surface area contributed by atoms with E-state index in [2.05, 4.69) is 17.1 Å². The summed E-state index contributed by atoms with van der Waals surface area (Å²) in [4.78, 5) is 17.1. The molecule has 3 N–H and O–H groups in total. The number of aromatic nitrogens is 1. The number of pyridine rings is 1. The van der Waals surface area contributed by atoms with Crippen LogP contribution >= 0.6 is 0 Å². The van der Waals surface area contributed by atoms with Crippen LogP contribution in [0.1, 0.15) is 49.1 Å². The number of hydrogen-bond acceptors (Lipinski definition) is 8. The van der Waals surface area contributed by atoms with Crippen molar-refractivity contribution in [3.63, 3.8) is 0 Å². The number of amides is 1. The summed E-state index contributed by atoms with van der Waals surface area (Å²) in [6.07, 6.45) is 1.85. The first-order chi connectivity index (χ1) is 17.8. The topological polar surface area (TPSA) is 138 Å². The molecule has 0 atom stereocenters. The van der Waals surface area contributed by atoms with Gasteiger partial charge in [-0.2, -0.15) is 0 Å². The molecule has 0 aliphatic carbocycles. The van der Waals surface area contributed by atoms with Crippen molar-refractivity contribution in [1.82, 2.24) is 14.8 Å². The number of benzene rings is 1. The lowest BCUT2D eigenvalue weighted by Crippen LogP contribution is -2.60. The van der Waals surface area contributed by atoms with Gasteiger partial charge in [0.25, 0.3) is 5.91 Å². The Labute approximate surface area is 217 Å². The molecule has 2 aromatic rings. The number of carbonyl (C=O) groups is 1. The molecular formula is C26H35N3O7S. The number of aliphatic hydroxyl groups is 1. The number of nitrogens with one attached hydrogen (secondary N) is 1. The summed E-state index contributed by atoms with van der Waals surface area (Å²) in [5.74, 6) is -0.182. The molecule has 0 unspecified atom stereocenters. The van der Waals surface area contributed by atoms with E-state index in [0.717, 1.165) is 22.4 Å². The summed E-state index contributed by atoms with van der Waals surface area (Å²) in [6.45, 7) is 3.43. The van der Waals surface area contributed by atoms with Crippen LogP contribution < -0.4 is 10.2 Å². The maximum Gasteiger partial charge on any atom is 0.266 e. The van der Waals surface area contributed by atoms with Gasteiger partial charge in [0.2, 0.25) is 15.9 Å². The van der Waals surface area contributed by atoms with Crippen LogP contribution in [0.4, 0.5) is 0 Å². The van der Waals surface area contributed by atoms with Gasteiger partial charge >= 0.3 is 0 Å². The second-order valence-electron chi connectivity index (χ2n) is 9.59. The standard InChI is InChI=1S/C26H35N3O7S/c1-19-18-21(6-7-22(19)23-4-2-5-24(27-23)36-15-3-14-30)20-8-12-29(13-9-20)37(33,34)26(25(31)28-32)10-16-35-17-11-26/h2,4-7,18,20,30,32H,3,8-17H2,1H3,(H,28,31). The fourth-order valence-electron chi connectivity index (χ4n) is 5.20. The molecule has 37 heavy (non-hydrogen) atoms. The summed E-state index contributed by atoms with van der Waals surface area (Å²) < 4.78 is 37.7. The summed E-state index contributed by atoms with van der Waals surface area (Å²) in [7, 11) is -3.98. The summed E-state index contributed by atoms with van der Waals surface area (Å²) in [6, 6.07) is 11.8. The van der Waals surface area contributed by atoms with Crippen molar-refractivity contribution in [2.75, 3.05) is 39.5 Å². The average molecular weight is 534 g/mol. The number of nitrogens with zero attached hydrogens (tertiary/aromatic N) is 2. The number of ether oxygens (including phenoxy) is 2. The molecule has 1 aromatic heterocycles. The Kier molecular flexibility index (Phi) is 8.81. The number of sulfonamides is 1. The van der Waals surface area contributed by atoms with Crippen LogP contribution in [0.3, 0.4) is 0 Å². The smallest absolute Gasteiger partial charge is 0.266 e. The molecule has 2 aliphatic rings. The van der Waals surface area contributed by atoms with Crippen LogP contribution in [-0.4, -0.2) is 78.2 Å². The summed E-state index contributed by atoms with van der Waals surface area (Å²) in [5, 5.41) is 18.2. The minimum atomic E-state index is -3.98. The molecule has 1 amide bonds. The predicted octanol–water partition coefficient (Wildman–Crippen LogP) is 2.38. The number of piperidine rings is 1. The SMILES string of the molecule is Cc1cc(C2CCN(S(=O)(=O)C3(C(=O)NO)CCOCC3)CC2)ccc1-c1cccc(OCCCO)n1.